The van der Waals surface area contributed by atoms with Gasteiger partial charge in [-0.2, -0.15) is 0 Å². The summed E-state index contributed by atoms with van der Waals surface area (Å²) < 4.78 is 15.5. The van der Waals surface area contributed by atoms with Crippen LogP contribution in [-0.4, -0.2) is 51.6 Å². The fraction of sp³-hybridized carbons (Fsp3) is 1.00. The van der Waals surface area contributed by atoms with Crippen molar-refractivity contribution in [3.05, 3.63) is 0 Å². The fourth-order valence-electron chi connectivity index (χ4n) is 0.703. The summed E-state index contributed by atoms with van der Waals surface area (Å²) >= 11 is 3.26. The summed E-state index contributed by atoms with van der Waals surface area (Å²) in [4.78, 5) is 4.32. The van der Waals surface area contributed by atoms with Crippen LogP contribution in [-0.2, 0) is 19.0 Å². The lowest BCUT2D eigenvalue weighted by Crippen LogP contribution is -2.13. The second-order valence-corrected chi connectivity index (χ2v) is 3.19. The Labute approximate surface area is 92.9 Å². The zero-order valence-corrected chi connectivity index (χ0v) is 9.83. The van der Waals surface area contributed by atoms with Gasteiger partial charge in [-0.3, -0.25) is 0 Å². The van der Waals surface area contributed by atoms with Crippen molar-refractivity contribution in [3.8, 4) is 0 Å². The molecule has 0 amide bonds. The molecule has 14 heavy (non-hydrogen) atoms. The fourth-order valence-corrected chi connectivity index (χ4v) is 0.932. The zero-order valence-electron chi connectivity index (χ0n) is 8.25. The van der Waals surface area contributed by atoms with Gasteiger partial charge in [-0.15, -0.1) is 0 Å². The number of hydrogen-bond donors (Lipinski definition) is 1. The molecule has 6 heteroatoms. The van der Waals surface area contributed by atoms with E-state index in [1.807, 2.05) is 0 Å². The molecule has 0 unspecified atom stereocenters. The maximum Gasteiger partial charge on any atom is 0.0913 e. The third kappa shape index (κ3) is 12.3. The molecule has 0 bridgehead atoms. The first-order valence-electron chi connectivity index (χ1n) is 4.52. The summed E-state index contributed by atoms with van der Waals surface area (Å²) in [6.07, 6.45) is 0. The van der Waals surface area contributed by atoms with E-state index in [4.69, 9.17) is 20.1 Å². The Hall–Kier alpha value is 0.280. The van der Waals surface area contributed by atoms with Crippen molar-refractivity contribution < 1.29 is 19.0 Å². The van der Waals surface area contributed by atoms with Crippen LogP contribution in [0.3, 0.4) is 0 Å². The Balaban J connectivity index is 2.78. The highest BCUT2D eigenvalue weighted by molar-refractivity contribution is 9.09. The molecule has 86 valence electrons. The van der Waals surface area contributed by atoms with Crippen molar-refractivity contribution in [2.24, 2.45) is 5.90 Å². The number of alkyl halides is 1. The van der Waals surface area contributed by atoms with Gasteiger partial charge < -0.3 is 19.0 Å². The second kappa shape index (κ2) is 13.3. The molecule has 0 fully saturated rings. The highest BCUT2D eigenvalue weighted by atomic mass is 79.9. The topological polar surface area (TPSA) is 62.9 Å². The molecule has 0 heterocycles. The van der Waals surface area contributed by atoms with Gasteiger partial charge in [0, 0.05) is 5.33 Å². The van der Waals surface area contributed by atoms with Gasteiger partial charge >= 0.3 is 0 Å². The van der Waals surface area contributed by atoms with Gasteiger partial charge in [-0.1, -0.05) is 15.9 Å². The van der Waals surface area contributed by atoms with Gasteiger partial charge in [-0.25, -0.2) is 5.90 Å². The molecule has 0 saturated carbocycles. The van der Waals surface area contributed by atoms with E-state index < -0.39 is 0 Å². The van der Waals surface area contributed by atoms with Crippen LogP contribution in [0.1, 0.15) is 0 Å². The largest absolute Gasteiger partial charge is 0.378 e. The quantitative estimate of drug-likeness (QED) is 0.333. The molecule has 0 atom stereocenters. The third-order valence-corrected chi connectivity index (χ3v) is 1.63. The molecule has 0 aliphatic rings. The molecule has 0 aromatic heterocycles. The highest BCUT2D eigenvalue weighted by Crippen LogP contribution is 1.83. The summed E-state index contributed by atoms with van der Waals surface area (Å²) in [5, 5.41) is 0.856. The number of rotatable bonds is 11. The lowest BCUT2D eigenvalue weighted by Gasteiger charge is -2.05. The summed E-state index contributed by atoms with van der Waals surface area (Å²) in [5.41, 5.74) is 0. The molecule has 0 aromatic rings. The van der Waals surface area contributed by atoms with E-state index in [0.717, 1.165) is 5.33 Å². The van der Waals surface area contributed by atoms with E-state index in [1.165, 1.54) is 0 Å². The number of halogens is 1. The van der Waals surface area contributed by atoms with E-state index in [1.54, 1.807) is 0 Å². The summed E-state index contributed by atoms with van der Waals surface area (Å²) in [6.45, 7) is 3.98. The van der Waals surface area contributed by atoms with Gasteiger partial charge in [0.25, 0.3) is 0 Å². The number of nitrogens with two attached hydrogens (primary N) is 1. The summed E-state index contributed by atoms with van der Waals surface area (Å²) in [5.74, 6) is 4.81. The first-order valence-corrected chi connectivity index (χ1v) is 5.65. The molecule has 0 spiro atoms. The lowest BCUT2D eigenvalue weighted by molar-refractivity contribution is -0.000399. The van der Waals surface area contributed by atoms with E-state index in [9.17, 15) is 0 Å². The van der Waals surface area contributed by atoms with Crippen molar-refractivity contribution >= 4 is 15.9 Å². The van der Waals surface area contributed by atoms with E-state index >= 15 is 0 Å². The minimum atomic E-state index is 0.411. The van der Waals surface area contributed by atoms with Crippen LogP contribution < -0.4 is 5.90 Å². The average molecular weight is 272 g/mol. The predicted molar refractivity (Wildman–Crippen MR) is 56.4 cm³/mol. The van der Waals surface area contributed by atoms with Crippen LogP contribution in [0, 0.1) is 0 Å². The zero-order chi connectivity index (χ0) is 10.5. The molecule has 0 radical (unpaired) electrons. The Morgan fingerprint density at radius 3 is 1.57 bits per heavy atom. The van der Waals surface area contributed by atoms with Crippen LogP contribution >= 0.6 is 15.9 Å². The molecule has 2 N–H and O–H groups in total. The number of hydrogen-bond acceptors (Lipinski definition) is 5. The predicted octanol–water partition coefficient (Wildman–Crippen LogP) is 0.321. The SMILES string of the molecule is NOCCOCCOCCOCCBr. The Bertz CT molecular complexity index is 95.3. The Morgan fingerprint density at radius 2 is 1.14 bits per heavy atom. The normalized spacial score (nSPS) is 10.7. The van der Waals surface area contributed by atoms with Crippen molar-refractivity contribution in [2.45, 2.75) is 0 Å². The van der Waals surface area contributed by atoms with Gasteiger partial charge in [0.05, 0.1) is 46.2 Å². The minimum Gasteiger partial charge on any atom is -0.378 e. The number of ether oxygens (including phenoxy) is 3. The van der Waals surface area contributed by atoms with E-state index in [0.29, 0.717) is 46.2 Å². The van der Waals surface area contributed by atoms with Crippen molar-refractivity contribution in [1.82, 2.24) is 0 Å². The van der Waals surface area contributed by atoms with Crippen LogP contribution in [0.15, 0.2) is 0 Å². The standard InChI is InChI=1S/C8H18BrNO4/c9-1-2-11-3-4-12-5-6-13-7-8-14-10/h1-8,10H2. The molecule has 0 saturated heterocycles. The Kier molecular flexibility index (Phi) is 13.5. The summed E-state index contributed by atoms with van der Waals surface area (Å²) in [6, 6.07) is 0. The van der Waals surface area contributed by atoms with Gasteiger partial charge in [0.15, 0.2) is 0 Å². The van der Waals surface area contributed by atoms with E-state index in [2.05, 4.69) is 20.8 Å². The second-order valence-electron chi connectivity index (χ2n) is 2.40. The maximum absolute atomic E-state index is 5.22. The molecule has 5 nitrogen and oxygen atoms in total. The molecule has 0 aliphatic carbocycles. The van der Waals surface area contributed by atoms with Gasteiger partial charge in [0.2, 0.25) is 0 Å². The average Bonchev–Trinajstić information content (AvgIpc) is 2.21. The van der Waals surface area contributed by atoms with Crippen LogP contribution in [0.2, 0.25) is 0 Å². The first kappa shape index (κ1) is 14.3. The maximum atomic E-state index is 5.22. The highest BCUT2D eigenvalue weighted by Gasteiger charge is 1.90. The lowest BCUT2D eigenvalue weighted by atomic mass is 10.7. The van der Waals surface area contributed by atoms with E-state index in [-0.39, 0.29) is 0 Å². The molecule has 0 aromatic carbocycles. The first-order chi connectivity index (χ1) is 6.91. The van der Waals surface area contributed by atoms with Crippen LogP contribution in [0.25, 0.3) is 0 Å². The van der Waals surface area contributed by atoms with Gasteiger partial charge in [0.1, 0.15) is 0 Å². The monoisotopic (exact) mass is 271 g/mol. The Morgan fingerprint density at radius 1 is 0.714 bits per heavy atom. The molecular formula is C8H18BrNO4. The minimum absolute atomic E-state index is 0.411. The summed E-state index contributed by atoms with van der Waals surface area (Å²) in [7, 11) is 0. The molecule has 0 rings (SSSR count). The van der Waals surface area contributed by atoms with Gasteiger partial charge in [-0.05, 0) is 0 Å². The van der Waals surface area contributed by atoms with Crippen LogP contribution in [0.4, 0.5) is 0 Å². The van der Waals surface area contributed by atoms with Crippen molar-refractivity contribution in [1.29, 1.82) is 0 Å². The molecule has 0 aliphatic heterocycles. The third-order valence-electron chi connectivity index (χ3n) is 1.31. The van der Waals surface area contributed by atoms with Crippen LogP contribution in [0.5, 0.6) is 0 Å². The van der Waals surface area contributed by atoms with Crippen molar-refractivity contribution in [3.63, 3.8) is 0 Å². The van der Waals surface area contributed by atoms with Crippen molar-refractivity contribution in [2.75, 3.05) is 51.6 Å². The molecular weight excluding hydrogens is 254 g/mol. The smallest absolute Gasteiger partial charge is 0.0913 e.